The van der Waals surface area contributed by atoms with Crippen molar-refractivity contribution in [2.24, 2.45) is 70.0 Å². The molecule has 0 radical (unpaired) electrons. The molecule has 10 bridgehead atoms. The van der Waals surface area contributed by atoms with Crippen molar-refractivity contribution in [2.75, 3.05) is 0 Å². The zero-order valence-electron chi connectivity index (χ0n) is 36.2. The number of fused-ring (bicyclic) bond motifs is 1. The van der Waals surface area contributed by atoms with Gasteiger partial charge in [0, 0.05) is 18.3 Å². The van der Waals surface area contributed by atoms with Crippen LogP contribution in [0, 0.1) is 70.0 Å². The minimum Gasteiger partial charge on any atom is -0.459 e. The van der Waals surface area contributed by atoms with E-state index in [9.17, 15) is 24.3 Å². The van der Waals surface area contributed by atoms with Gasteiger partial charge in [-0.05, 0) is 166 Å². The molecule has 316 valence electrons. The summed E-state index contributed by atoms with van der Waals surface area (Å²) in [5, 5.41) is 10.6. The highest BCUT2D eigenvalue weighted by molar-refractivity contribution is 5.78. The van der Waals surface area contributed by atoms with Gasteiger partial charge in [0.25, 0.3) is 0 Å². The van der Waals surface area contributed by atoms with Crippen LogP contribution in [0.1, 0.15) is 171 Å². The first-order valence-electron chi connectivity index (χ1n) is 22.9. The number of aliphatic hydroxyl groups is 1. The molecule has 9 nitrogen and oxygen atoms in total. The van der Waals surface area contributed by atoms with Gasteiger partial charge in [-0.15, -0.1) is 0 Å². The molecule has 1 saturated heterocycles. The second kappa shape index (κ2) is 15.1. The number of rotatable bonds is 10. The van der Waals surface area contributed by atoms with Crippen LogP contribution < -0.4 is 0 Å². The Morgan fingerprint density at radius 1 is 0.768 bits per heavy atom. The highest BCUT2D eigenvalue weighted by Crippen LogP contribution is 2.62. The Balaban J connectivity index is 0.000000129. The van der Waals surface area contributed by atoms with Gasteiger partial charge < -0.3 is 24.1 Å². The average Bonchev–Trinajstić information content (AvgIpc) is 3.77. The van der Waals surface area contributed by atoms with E-state index in [1.54, 1.807) is 0 Å². The van der Waals surface area contributed by atoms with E-state index < -0.39 is 11.0 Å². The van der Waals surface area contributed by atoms with Gasteiger partial charge in [0.1, 0.15) is 23.4 Å². The first kappa shape index (κ1) is 42.0. The van der Waals surface area contributed by atoms with Crippen molar-refractivity contribution in [3.63, 3.8) is 0 Å². The summed E-state index contributed by atoms with van der Waals surface area (Å²) in [4.78, 5) is 48.4. The van der Waals surface area contributed by atoms with Gasteiger partial charge in [-0.2, -0.15) is 0 Å². The molecule has 10 aliphatic carbocycles. The molecule has 56 heavy (non-hydrogen) atoms. The predicted octanol–water partition coefficient (Wildman–Crippen LogP) is 9.15. The fourth-order valence-electron chi connectivity index (χ4n) is 13.5. The van der Waals surface area contributed by atoms with Crippen molar-refractivity contribution >= 4 is 23.9 Å². The molecule has 8 unspecified atom stereocenters. The maximum Gasteiger partial charge on any atom is 0.312 e. The van der Waals surface area contributed by atoms with Crippen molar-refractivity contribution < 1.29 is 43.2 Å². The molecular formula is C47H74O9. The van der Waals surface area contributed by atoms with E-state index in [1.807, 2.05) is 48.5 Å². The van der Waals surface area contributed by atoms with E-state index in [-0.39, 0.29) is 64.5 Å². The van der Waals surface area contributed by atoms with Crippen LogP contribution in [0.3, 0.4) is 0 Å². The Bertz CT molecular complexity index is 1470. The summed E-state index contributed by atoms with van der Waals surface area (Å²) in [6.07, 6.45) is 17.3. The lowest BCUT2D eigenvalue weighted by Gasteiger charge is -2.60. The molecule has 1 aliphatic heterocycles. The van der Waals surface area contributed by atoms with Crippen molar-refractivity contribution in [1.29, 1.82) is 0 Å². The van der Waals surface area contributed by atoms with E-state index >= 15 is 0 Å². The van der Waals surface area contributed by atoms with Gasteiger partial charge in [0.15, 0.2) is 0 Å². The van der Waals surface area contributed by atoms with E-state index in [4.69, 9.17) is 18.9 Å². The highest BCUT2D eigenvalue weighted by atomic mass is 16.6. The molecule has 9 heteroatoms. The van der Waals surface area contributed by atoms with E-state index in [1.165, 1.54) is 38.5 Å². The van der Waals surface area contributed by atoms with Crippen molar-refractivity contribution in [3.05, 3.63) is 0 Å². The molecule has 1 N–H and O–H groups in total. The summed E-state index contributed by atoms with van der Waals surface area (Å²) in [5.74, 6) is 4.64. The number of hydrogen-bond donors (Lipinski definition) is 1. The number of carbonyl (C=O) groups is 4. The number of ether oxygens (including phenoxy) is 4. The monoisotopic (exact) mass is 783 g/mol. The topological polar surface area (TPSA) is 125 Å². The van der Waals surface area contributed by atoms with Crippen molar-refractivity contribution in [3.8, 4) is 0 Å². The minimum atomic E-state index is -0.555. The molecule has 8 atom stereocenters. The van der Waals surface area contributed by atoms with Crippen molar-refractivity contribution in [1.82, 2.24) is 0 Å². The molecule has 0 spiro atoms. The van der Waals surface area contributed by atoms with Crippen LogP contribution >= 0.6 is 0 Å². The fourth-order valence-corrected chi connectivity index (χ4v) is 13.5. The predicted molar refractivity (Wildman–Crippen MR) is 212 cm³/mol. The number of esters is 4. The van der Waals surface area contributed by atoms with Crippen LogP contribution in [0.2, 0.25) is 0 Å². The summed E-state index contributed by atoms with van der Waals surface area (Å²) >= 11 is 0. The lowest BCUT2D eigenvalue weighted by atomic mass is 9.49. The third-order valence-electron chi connectivity index (χ3n) is 17.2. The van der Waals surface area contributed by atoms with E-state index in [0.29, 0.717) is 41.9 Å². The second-order valence-corrected chi connectivity index (χ2v) is 21.8. The van der Waals surface area contributed by atoms with Crippen LogP contribution in [0.5, 0.6) is 0 Å². The summed E-state index contributed by atoms with van der Waals surface area (Å²) in [5.41, 5.74) is -1.79. The van der Waals surface area contributed by atoms with E-state index in [2.05, 4.69) is 13.8 Å². The Morgan fingerprint density at radius 2 is 1.30 bits per heavy atom. The smallest absolute Gasteiger partial charge is 0.312 e. The van der Waals surface area contributed by atoms with Gasteiger partial charge in [-0.25, -0.2) is 0 Å². The Kier molecular flexibility index (Phi) is 11.4. The zero-order chi connectivity index (χ0) is 40.6. The first-order valence-corrected chi connectivity index (χ1v) is 22.9. The third kappa shape index (κ3) is 7.59. The third-order valence-corrected chi connectivity index (χ3v) is 17.2. The first-order chi connectivity index (χ1) is 26.3. The van der Waals surface area contributed by atoms with Crippen LogP contribution in [-0.4, -0.2) is 58.0 Å². The van der Waals surface area contributed by atoms with Gasteiger partial charge in [0.2, 0.25) is 0 Å². The highest BCUT2D eigenvalue weighted by Gasteiger charge is 2.64. The Hall–Kier alpha value is -2.16. The molecule has 1 heterocycles. The average molecular weight is 783 g/mol. The normalized spacial score (nSPS) is 43.6. The molecule has 0 aromatic rings. The second-order valence-electron chi connectivity index (χ2n) is 21.8. The number of carbonyl (C=O) groups excluding carboxylic acids is 4. The molecule has 11 aliphatic rings. The lowest BCUT2D eigenvalue weighted by molar-refractivity contribution is -0.225. The quantitative estimate of drug-likeness (QED) is 0.171. The molecule has 0 aromatic carbocycles. The SMILES string of the molecule is CCC(C)(C)C(=O)OC1(CC)C2CC3CC(C2)CC1C3.CCC(C)(C)C(=O)OC12CC3CC(CC(O)(C3)C1)C2.CCC(C)C(=O)OC1C2CC3C(=O)OC1C3C2. The Labute approximate surface area is 336 Å². The van der Waals surface area contributed by atoms with Crippen LogP contribution in [-0.2, 0) is 38.1 Å². The van der Waals surface area contributed by atoms with Gasteiger partial charge >= 0.3 is 23.9 Å². The van der Waals surface area contributed by atoms with Crippen LogP contribution in [0.25, 0.3) is 0 Å². The van der Waals surface area contributed by atoms with Gasteiger partial charge in [0.05, 0.1) is 28.3 Å². The minimum absolute atomic E-state index is 0.0364. The van der Waals surface area contributed by atoms with Crippen LogP contribution in [0.4, 0.5) is 0 Å². The molecule has 11 rings (SSSR count). The molecule has 10 saturated carbocycles. The lowest BCUT2D eigenvalue weighted by Crippen LogP contribution is -2.61. The van der Waals surface area contributed by atoms with Crippen molar-refractivity contribution in [2.45, 2.75) is 200 Å². The molecular weight excluding hydrogens is 709 g/mol. The Morgan fingerprint density at radius 3 is 1.80 bits per heavy atom. The number of hydrogen-bond acceptors (Lipinski definition) is 9. The standard InChI is InChI=1S/C18H30O2.C16H26O3.C13H18O4/c1-5-17(3,4)16(19)20-18(6-2)14-8-12-7-13(10-14)11-15(18)9-12;1-4-14(2,3)13(17)19-16-8-11-5-12(9-16)7-15(18,6-11)10-16;1-3-6(2)12(14)16-10-7-4-8-9(5-7)13(15)17-11(8)10/h12-15H,5-11H2,1-4H3;11-12,18H,4-10H2,1-3H3;6-11H,3-5H2,1-2H3. The molecule has 0 amide bonds. The summed E-state index contributed by atoms with van der Waals surface area (Å²) in [6, 6.07) is 0. The maximum absolute atomic E-state index is 12.6. The molecule has 11 fully saturated rings. The summed E-state index contributed by atoms with van der Waals surface area (Å²) < 4.78 is 23.2. The zero-order valence-corrected chi connectivity index (χ0v) is 36.2. The summed E-state index contributed by atoms with van der Waals surface area (Å²) in [7, 11) is 0. The largest absolute Gasteiger partial charge is 0.459 e. The van der Waals surface area contributed by atoms with Gasteiger partial charge in [-0.3, -0.25) is 19.2 Å². The fraction of sp³-hybridized carbons (Fsp3) is 0.915. The van der Waals surface area contributed by atoms with Crippen LogP contribution in [0.15, 0.2) is 0 Å². The van der Waals surface area contributed by atoms with E-state index in [0.717, 1.165) is 76.0 Å². The van der Waals surface area contributed by atoms with Gasteiger partial charge in [-0.1, -0.05) is 34.6 Å². The summed E-state index contributed by atoms with van der Waals surface area (Å²) in [6.45, 7) is 18.1. The molecule has 0 aromatic heterocycles. The maximum atomic E-state index is 12.6.